The number of carbonyl (C=O) groups excluding carboxylic acids is 1. The molecule has 3 N–H and O–H groups in total. The van der Waals surface area contributed by atoms with Crippen LogP contribution in [0, 0.1) is 0 Å². The predicted molar refractivity (Wildman–Crippen MR) is 73.6 cm³/mol. The minimum absolute atomic E-state index is 0.259. The van der Waals surface area contributed by atoms with E-state index in [1.165, 1.54) is 12.4 Å². The maximum Gasteiger partial charge on any atom is 0.254 e. The average Bonchev–Trinajstić information content (AvgIpc) is 2.38. The zero-order valence-electron chi connectivity index (χ0n) is 10.2. The molecule has 98 valence electrons. The Kier molecular flexibility index (Phi) is 3.87. The van der Waals surface area contributed by atoms with Gasteiger partial charge in [-0.3, -0.25) is 9.78 Å². The highest BCUT2D eigenvalue weighted by Crippen LogP contribution is 2.28. The van der Waals surface area contributed by atoms with Crippen molar-refractivity contribution in [2.24, 2.45) is 0 Å². The highest BCUT2D eigenvalue weighted by atomic mass is 35.5. The Morgan fingerprint density at radius 1 is 1.37 bits per heavy atom. The van der Waals surface area contributed by atoms with Crippen LogP contribution >= 0.6 is 11.6 Å². The fourth-order valence-electron chi connectivity index (χ4n) is 1.52. The molecule has 0 unspecified atom stereocenters. The smallest absolute Gasteiger partial charge is 0.254 e. The van der Waals surface area contributed by atoms with E-state index in [0.717, 1.165) is 0 Å². The van der Waals surface area contributed by atoms with Crippen LogP contribution in [-0.2, 0) is 0 Å². The Morgan fingerprint density at radius 3 is 2.84 bits per heavy atom. The van der Waals surface area contributed by atoms with Crippen molar-refractivity contribution < 1.29 is 9.53 Å². The first kappa shape index (κ1) is 13.2. The molecular weight excluding hydrogens is 266 g/mol. The molecule has 1 heterocycles. The summed E-state index contributed by atoms with van der Waals surface area (Å²) in [6.45, 7) is 0. The lowest BCUT2D eigenvalue weighted by molar-refractivity contribution is 0.0961. The van der Waals surface area contributed by atoms with Gasteiger partial charge < -0.3 is 15.8 Å². The van der Waals surface area contributed by atoms with Gasteiger partial charge in [-0.1, -0.05) is 11.6 Å². The predicted octanol–water partition coefficient (Wildman–Crippen LogP) is 2.47. The fourth-order valence-corrected chi connectivity index (χ4v) is 1.68. The first-order chi connectivity index (χ1) is 9.10. The van der Waals surface area contributed by atoms with Crippen molar-refractivity contribution in [1.29, 1.82) is 0 Å². The summed E-state index contributed by atoms with van der Waals surface area (Å²) in [5.41, 5.74) is 6.58. The van der Waals surface area contributed by atoms with Crippen LogP contribution < -0.4 is 15.8 Å². The minimum Gasteiger partial charge on any atom is -0.455 e. The van der Waals surface area contributed by atoms with E-state index < -0.39 is 0 Å². The number of aromatic nitrogens is 1. The summed E-state index contributed by atoms with van der Waals surface area (Å²) >= 11 is 5.83. The number of carbonyl (C=O) groups is 1. The van der Waals surface area contributed by atoms with E-state index in [1.54, 1.807) is 31.3 Å². The van der Waals surface area contributed by atoms with E-state index in [0.29, 0.717) is 27.8 Å². The van der Waals surface area contributed by atoms with Crippen molar-refractivity contribution in [3.05, 3.63) is 47.2 Å². The number of pyridine rings is 1. The summed E-state index contributed by atoms with van der Waals surface area (Å²) in [4.78, 5) is 15.6. The third-order valence-corrected chi connectivity index (χ3v) is 2.59. The van der Waals surface area contributed by atoms with Crippen LogP contribution in [0.4, 0.5) is 5.69 Å². The van der Waals surface area contributed by atoms with Gasteiger partial charge in [-0.25, -0.2) is 0 Å². The molecule has 0 aliphatic heterocycles. The second-order valence-electron chi connectivity index (χ2n) is 3.78. The highest BCUT2D eigenvalue weighted by molar-refractivity contribution is 6.30. The van der Waals surface area contributed by atoms with Crippen molar-refractivity contribution >= 4 is 23.2 Å². The Bertz CT molecular complexity index is 617. The number of ether oxygens (including phenoxy) is 1. The van der Waals surface area contributed by atoms with Gasteiger partial charge in [0.05, 0.1) is 16.8 Å². The Balaban J connectivity index is 2.38. The standard InChI is InChI=1S/C13H12ClN3O2/c1-16-13(18)11-3-2-9(15)5-12(11)19-10-4-8(14)6-17-7-10/h2-7H,15H2,1H3,(H,16,18). The van der Waals surface area contributed by atoms with Crippen molar-refractivity contribution in [3.8, 4) is 11.5 Å². The molecule has 1 aromatic carbocycles. The number of rotatable bonds is 3. The van der Waals surface area contributed by atoms with Crippen LogP contribution in [0.2, 0.25) is 5.02 Å². The molecule has 0 saturated heterocycles. The van der Waals surface area contributed by atoms with Gasteiger partial charge in [-0.05, 0) is 12.1 Å². The van der Waals surface area contributed by atoms with Crippen LogP contribution in [0.25, 0.3) is 0 Å². The van der Waals surface area contributed by atoms with Gasteiger partial charge in [0, 0.05) is 31.1 Å². The molecule has 0 aliphatic carbocycles. The molecule has 6 heteroatoms. The second-order valence-corrected chi connectivity index (χ2v) is 4.21. The monoisotopic (exact) mass is 277 g/mol. The maximum absolute atomic E-state index is 11.7. The average molecular weight is 278 g/mol. The van der Waals surface area contributed by atoms with E-state index in [-0.39, 0.29) is 5.91 Å². The summed E-state index contributed by atoms with van der Waals surface area (Å²) < 4.78 is 5.61. The van der Waals surface area contributed by atoms with Gasteiger partial charge in [-0.15, -0.1) is 0 Å². The first-order valence-corrected chi connectivity index (χ1v) is 5.88. The van der Waals surface area contributed by atoms with Crippen molar-refractivity contribution in [2.45, 2.75) is 0 Å². The molecule has 0 spiro atoms. The molecule has 2 rings (SSSR count). The van der Waals surface area contributed by atoms with Crippen LogP contribution in [0.1, 0.15) is 10.4 Å². The first-order valence-electron chi connectivity index (χ1n) is 5.50. The molecule has 1 amide bonds. The van der Waals surface area contributed by atoms with Crippen LogP contribution in [0.3, 0.4) is 0 Å². The van der Waals surface area contributed by atoms with E-state index in [4.69, 9.17) is 22.1 Å². The topological polar surface area (TPSA) is 77.2 Å². The summed E-state index contributed by atoms with van der Waals surface area (Å²) in [7, 11) is 1.55. The van der Waals surface area contributed by atoms with Crippen LogP contribution in [0.15, 0.2) is 36.7 Å². The molecule has 0 fully saturated rings. The van der Waals surface area contributed by atoms with Crippen LogP contribution in [-0.4, -0.2) is 17.9 Å². The normalized spacial score (nSPS) is 10.0. The van der Waals surface area contributed by atoms with Gasteiger partial charge in [0.15, 0.2) is 0 Å². The Labute approximate surface area is 115 Å². The van der Waals surface area contributed by atoms with E-state index >= 15 is 0 Å². The minimum atomic E-state index is -0.259. The third-order valence-electron chi connectivity index (χ3n) is 2.38. The Hall–Kier alpha value is -2.27. The van der Waals surface area contributed by atoms with Gasteiger partial charge in [0.2, 0.25) is 0 Å². The van der Waals surface area contributed by atoms with Crippen molar-refractivity contribution in [1.82, 2.24) is 10.3 Å². The summed E-state index contributed by atoms with van der Waals surface area (Å²) in [5.74, 6) is 0.525. The number of nitrogen functional groups attached to an aromatic ring is 1. The molecule has 0 bridgehead atoms. The molecular formula is C13H12ClN3O2. The number of hydrogen-bond acceptors (Lipinski definition) is 4. The van der Waals surface area contributed by atoms with Gasteiger partial charge >= 0.3 is 0 Å². The molecule has 1 aromatic heterocycles. The molecule has 0 radical (unpaired) electrons. The lowest BCUT2D eigenvalue weighted by Crippen LogP contribution is -2.18. The van der Waals surface area contributed by atoms with Gasteiger partial charge in [-0.2, -0.15) is 0 Å². The quantitative estimate of drug-likeness (QED) is 0.845. The summed E-state index contributed by atoms with van der Waals surface area (Å²) in [6.07, 6.45) is 3.00. The lowest BCUT2D eigenvalue weighted by Gasteiger charge is -2.11. The SMILES string of the molecule is CNC(=O)c1ccc(N)cc1Oc1cncc(Cl)c1. The number of nitrogens with two attached hydrogens (primary N) is 1. The number of nitrogens with zero attached hydrogens (tertiary/aromatic N) is 1. The zero-order chi connectivity index (χ0) is 13.8. The van der Waals surface area contributed by atoms with E-state index in [9.17, 15) is 4.79 Å². The number of amides is 1. The number of nitrogens with one attached hydrogen (secondary N) is 1. The lowest BCUT2D eigenvalue weighted by atomic mass is 10.1. The molecule has 2 aromatic rings. The molecule has 19 heavy (non-hydrogen) atoms. The summed E-state index contributed by atoms with van der Waals surface area (Å²) in [5, 5.41) is 2.98. The summed E-state index contributed by atoms with van der Waals surface area (Å²) in [6, 6.07) is 6.41. The van der Waals surface area contributed by atoms with Gasteiger partial charge in [0.1, 0.15) is 11.5 Å². The molecule has 0 aliphatic rings. The second kappa shape index (κ2) is 5.58. The highest BCUT2D eigenvalue weighted by Gasteiger charge is 2.12. The molecule has 0 saturated carbocycles. The third kappa shape index (κ3) is 3.14. The van der Waals surface area contributed by atoms with Crippen molar-refractivity contribution in [3.63, 3.8) is 0 Å². The Morgan fingerprint density at radius 2 is 2.16 bits per heavy atom. The fraction of sp³-hybridized carbons (Fsp3) is 0.0769. The van der Waals surface area contributed by atoms with E-state index in [1.807, 2.05) is 0 Å². The number of benzene rings is 1. The van der Waals surface area contributed by atoms with Crippen LogP contribution in [0.5, 0.6) is 11.5 Å². The number of anilines is 1. The largest absolute Gasteiger partial charge is 0.455 e. The zero-order valence-corrected chi connectivity index (χ0v) is 10.9. The van der Waals surface area contributed by atoms with Gasteiger partial charge in [0.25, 0.3) is 5.91 Å². The van der Waals surface area contributed by atoms with Crippen molar-refractivity contribution in [2.75, 3.05) is 12.8 Å². The molecule has 0 atom stereocenters. The molecule has 5 nitrogen and oxygen atoms in total. The number of hydrogen-bond donors (Lipinski definition) is 2. The number of halogens is 1. The maximum atomic E-state index is 11.7. The van der Waals surface area contributed by atoms with E-state index in [2.05, 4.69) is 10.3 Å².